The Hall–Kier alpha value is -2.61. The molecule has 0 aliphatic rings. The zero-order valence-corrected chi connectivity index (χ0v) is 16.0. The van der Waals surface area contributed by atoms with E-state index in [0.29, 0.717) is 36.1 Å². The number of benzene rings is 1. The predicted molar refractivity (Wildman–Crippen MR) is 101 cm³/mol. The Morgan fingerprint density at radius 3 is 2.73 bits per heavy atom. The first-order valence-electron chi connectivity index (χ1n) is 8.39. The van der Waals surface area contributed by atoms with Crippen LogP contribution in [-0.4, -0.2) is 42.1 Å². The second-order valence-corrected chi connectivity index (χ2v) is 6.34. The summed E-state index contributed by atoms with van der Waals surface area (Å²) in [6.45, 7) is 4.93. The third kappa shape index (κ3) is 5.19. The molecule has 1 aromatic carbocycles. The van der Waals surface area contributed by atoms with Crippen molar-refractivity contribution in [2.45, 2.75) is 26.8 Å². The lowest BCUT2D eigenvalue weighted by Gasteiger charge is -2.22. The molecule has 0 fully saturated rings. The largest absolute Gasteiger partial charge is 0.495 e. The fourth-order valence-electron chi connectivity index (χ4n) is 2.31. The van der Waals surface area contributed by atoms with E-state index in [2.05, 4.69) is 10.3 Å². The highest BCUT2D eigenvalue weighted by atomic mass is 32.1. The predicted octanol–water partition coefficient (Wildman–Crippen LogP) is 3.77. The minimum atomic E-state index is -0.449. The number of carbonyl (C=O) groups excluding carboxylic acids is 2. The lowest BCUT2D eigenvalue weighted by Crippen LogP contribution is -2.35. The lowest BCUT2D eigenvalue weighted by atomic mass is 10.3. The Morgan fingerprint density at radius 2 is 2.04 bits per heavy atom. The van der Waals surface area contributed by atoms with Gasteiger partial charge in [0, 0.05) is 11.9 Å². The molecule has 140 valence electrons. The number of para-hydroxylation sites is 2. The molecule has 8 heteroatoms. The maximum Gasteiger partial charge on any atom is 0.357 e. The molecule has 2 amide bonds. The van der Waals surface area contributed by atoms with E-state index in [0.717, 1.165) is 6.42 Å². The summed E-state index contributed by atoms with van der Waals surface area (Å²) in [5, 5.41) is 5.19. The summed E-state index contributed by atoms with van der Waals surface area (Å²) in [5.74, 6) is 0.145. The van der Waals surface area contributed by atoms with Gasteiger partial charge in [0.05, 0.1) is 25.9 Å². The van der Waals surface area contributed by atoms with Crippen LogP contribution in [0.4, 0.5) is 10.5 Å². The second-order valence-electron chi connectivity index (χ2n) is 5.40. The Balaban J connectivity index is 2.08. The van der Waals surface area contributed by atoms with Gasteiger partial charge in [-0.2, -0.15) is 0 Å². The van der Waals surface area contributed by atoms with E-state index < -0.39 is 5.97 Å². The molecule has 1 N–H and O–H groups in total. The van der Waals surface area contributed by atoms with Crippen molar-refractivity contribution in [3.63, 3.8) is 0 Å². The van der Waals surface area contributed by atoms with E-state index >= 15 is 0 Å². The summed E-state index contributed by atoms with van der Waals surface area (Å²) in [4.78, 5) is 30.3. The minimum absolute atomic E-state index is 0.246. The first-order chi connectivity index (χ1) is 12.6. The van der Waals surface area contributed by atoms with Gasteiger partial charge in [-0.05, 0) is 25.5 Å². The van der Waals surface area contributed by atoms with E-state index in [9.17, 15) is 9.59 Å². The van der Waals surface area contributed by atoms with E-state index in [4.69, 9.17) is 9.47 Å². The average Bonchev–Trinajstić information content (AvgIpc) is 3.11. The van der Waals surface area contributed by atoms with Gasteiger partial charge in [0.2, 0.25) is 0 Å². The molecule has 1 aromatic heterocycles. The number of esters is 1. The Labute approximate surface area is 156 Å². The van der Waals surface area contributed by atoms with Crippen LogP contribution in [0.25, 0.3) is 0 Å². The molecule has 2 aromatic rings. The van der Waals surface area contributed by atoms with Gasteiger partial charge < -0.3 is 19.7 Å². The Morgan fingerprint density at radius 1 is 1.27 bits per heavy atom. The van der Waals surface area contributed by atoms with Crippen LogP contribution in [0.5, 0.6) is 5.75 Å². The minimum Gasteiger partial charge on any atom is -0.495 e. The number of thiazole rings is 1. The molecule has 0 radical (unpaired) electrons. The van der Waals surface area contributed by atoms with Crippen LogP contribution < -0.4 is 10.1 Å². The van der Waals surface area contributed by atoms with Gasteiger partial charge >= 0.3 is 12.0 Å². The van der Waals surface area contributed by atoms with Gasteiger partial charge in [-0.25, -0.2) is 14.6 Å². The molecule has 0 unspecified atom stereocenters. The normalized spacial score (nSPS) is 10.3. The van der Waals surface area contributed by atoms with E-state index in [1.54, 1.807) is 36.4 Å². The third-order valence-corrected chi connectivity index (χ3v) is 4.33. The van der Waals surface area contributed by atoms with Crippen molar-refractivity contribution in [1.82, 2.24) is 9.88 Å². The zero-order valence-electron chi connectivity index (χ0n) is 15.2. The number of anilines is 1. The first-order valence-corrected chi connectivity index (χ1v) is 9.27. The number of urea groups is 1. The number of aromatic nitrogens is 1. The number of nitrogens with zero attached hydrogens (tertiary/aromatic N) is 2. The molecule has 7 nitrogen and oxygen atoms in total. The van der Waals surface area contributed by atoms with Crippen molar-refractivity contribution in [2.24, 2.45) is 0 Å². The van der Waals surface area contributed by atoms with Crippen LogP contribution in [0.3, 0.4) is 0 Å². The highest BCUT2D eigenvalue weighted by Gasteiger charge is 2.18. The van der Waals surface area contributed by atoms with Crippen LogP contribution in [0.15, 0.2) is 29.6 Å². The highest BCUT2D eigenvalue weighted by molar-refractivity contribution is 7.09. The van der Waals surface area contributed by atoms with Gasteiger partial charge in [-0.3, -0.25) is 0 Å². The van der Waals surface area contributed by atoms with Crippen molar-refractivity contribution >= 4 is 29.0 Å². The van der Waals surface area contributed by atoms with Crippen LogP contribution in [-0.2, 0) is 11.3 Å². The van der Waals surface area contributed by atoms with Crippen molar-refractivity contribution in [3.8, 4) is 5.75 Å². The quantitative estimate of drug-likeness (QED) is 0.708. The third-order valence-electron chi connectivity index (χ3n) is 3.49. The van der Waals surface area contributed by atoms with Crippen molar-refractivity contribution in [2.75, 3.05) is 25.6 Å². The first kappa shape index (κ1) is 19.7. The maximum atomic E-state index is 12.7. The number of hydrogen-bond acceptors (Lipinski definition) is 6. The van der Waals surface area contributed by atoms with Crippen LogP contribution in [0.2, 0.25) is 0 Å². The summed E-state index contributed by atoms with van der Waals surface area (Å²) >= 11 is 1.33. The summed E-state index contributed by atoms with van der Waals surface area (Å²) in [7, 11) is 1.56. The highest BCUT2D eigenvalue weighted by Crippen LogP contribution is 2.24. The zero-order chi connectivity index (χ0) is 18.9. The number of nitrogens with one attached hydrogen (secondary N) is 1. The topological polar surface area (TPSA) is 80.8 Å². The molecular formula is C18H23N3O4S. The molecule has 0 atom stereocenters. The number of amides is 2. The molecule has 2 rings (SSSR count). The molecule has 0 bridgehead atoms. The van der Waals surface area contributed by atoms with Gasteiger partial charge in [0.15, 0.2) is 5.69 Å². The average molecular weight is 377 g/mol. The Kier molecular flexibility index (Phi) is 7.40. The molecular weight excluding hydrogens is 354 g/mol. The van der Waals surface area contributed by atoms with Gasteiger partial charge in [-0.1, -0.05) is 19.1 Å². The van der Waals surface area contributed by atoms with E-state index in [1.165, 1.54) is 11.3 Å². The lowest BCUT2D eigenvalue weighted by molar-refractivity contribution is 0.0520. The van der Waals surface area contributed by atoms with Crippen molar-refractivity contribution in [3.05, 3.63) is 40.3 Å². The summed E-state index contributed by atoms with van der Waals surface area (Å²) in [5.41, 5.74) is 0.876. The van der Waals surface area contributed by atoms with Gasteiger partial charge in [-0.15, -0.1) is 11.3 Å². The number of hydrogen-bond donors (Lipinski definition) is 1. The molecule has 0 aliphatic carbocycles. The Bertz CT molecular complexity index is 748. The summed E-state index contributed by atoms with van der Waals surface area (Å²) in [6.07, 6.45) is 0.801. The number of rotatable bonds is 8. The van der Waals surface area contributed by atoms with Crippen molar-refractivity contribution in [1.29, 1.82) is 0 Å². The maximum absolute atomic E-state index is 12.7. The van der Waals surface area contributed by atoms with Crippen LogP contribution in [0.1, 0.15) is 35.8 Å². The fourth-order valence-corrected chi connectivity index (χ4v) is 3.09. The number of carbonyl (C=O) groups is 2. The monoisotopic (exact) mass is 377 g/mol. The molecule has 0 saturated carbocycles. The van der Waals surface area contributed by atoms with Gasteiger partial charge in [0.1, 0.15) is 10.8 Å². The second kappa shape index (κ2) is 9.76. The SMILES string of the molecule is CCCN(Cc1nc(C(=O)OCC)cs1)C(=O)Nc1ccccc1OC. The number of methoxy groups -OCH3 is 1. The van der Waals surface area contributed by atoms with Crippen LogP contribution >= 0.6 is 11.3 Å². The summed E-state index contributed by atoms with van der Waals surface area (Å²) < 4.78 is 10.2. The molecule has 0 saturated heterocycles. The standard InChI is InChI=1S/C18H23N3O4S/c1-4-10-21(11-16-19-14(12-26-16)17(22)25-5-2)18(23)20-13-8-6-7-9-15(13)24-3/h6-9,12H,4-5,10-11H2,1-3H3,(H,20,23). The fraction of sp³-hybridized carbons (Fsp3) is 0.389. The van der Waals surface area contributed by atoms with Gasteiger partial charge in [0.25, 0.3) is 0 Å². The van der Waals surface area contributed by atoms with Crippen LogP contribution in [0, 0.1) is 0 Å². The molecule has 1 heterocycles. The van der Waals surface area contributed by atoms with E-state index in [-0.39, 0.29) is 11.7 Å². The summed E-state index contributed by atoms with van der Waals surface area (Å²) in [6, 6.07) is 6.98. The molecule has 26 heavy (non-hydrogen) atoms. The molecule has 0 aliphatic heterocycles. The number of ether oxygens (including phenoxy) is 2. The molecule has 0 spiro atoms. The smallest absolute Gasteiger partial charge is 0.357 e. The van der Waals surface area contributed by atoms with Crippen molar-refractivity contribution < 1.29 is 19.1 Å². The van der Waals surface area contributed by atoms with E-state index in [1.807, 2.05) is 19.1 Å².